The van der Waals surface area contributed by atoms with Crippen molar-refractivity contribution in [3.63, 3.8) is 0 Å². The molecule has 0 saturated heterocycles. The molecule has 0 bridgehead atoms. The Morgan fingerprint density at radius 3 is 3.00 bits per heavy atom. The van der Waals surface area contributed by atoms with Crippen molar-refractivity contribution < 1.29 is 9.53 Å². The number of hydrogen-bond acceptors (Lipinski definition) is 2. The molecule has 1 saturated carbocycles. The second-order valence-corrected chi connectivity index (χ2v) is 5.09. The van der Waals surface area contributed by atoms with E-state index >= 15 is 0 Å². The number of ether oxygens (including phenoxy) is 1. The zero-order chi connectivity index (χ0) is 13.2. The maximum absolute atomic E-state index is 12.0. The van der Waals surface area contributed by atoms with E-state index in [9.17, 15) is 4.79 Å². The first kappa shape index (κ1) is 12.2. The summed E-state index contributed by atoms with van der Waals surface area (Å²) in [6, 6.07) is 8.75. The lowest BCUT2D eigenvalue weighted by Crippen LogP contribution is -2.35. The first-order valence-electron chi connectivity index (χ1n) is 6.62. The number of aromatic nitrogens is 1. The van der Waals surface area contributed by atoms with E-state index in [0.29, 0.717) is 12.6 Å². The minimum atomic E-state index is 0.0802. The largest absolute Gasteiger partial charge is 0.375 e. The molecule has 2 aromatic rings. The van der Waals surface area contributed by atoms with Crippen molar-refractivity contribution in [2.24, 2.45) is 0 Å². The smallest absolute Gasteiger partial charge is 0.249 e. The van der Waals surface area contributed by atoms with Crippen molar-refractivity contribution in [3.05, 3.63) is 36.0 Å². The number of fused-ring (bicyclic) bond motifs is 1. The molecule has 0 spiro atoms. The van der Waals surface area contributed by atoms with Gasteiger partial charge in [0.2, 0.25) is 5.91 Å². The number of carbonyl (C=O) groups excluding carboxylic acids is 1. The molecule has 1 amide bonds. The van der Waals surface area contributed by atoms with Gasteiger partial charge in [-0.1, -0.05) is 12.1 Å². The van der Waals surface area contributed by atoms with E-state index in [0.717, 1.165) is 23.9 Å². The minimum Gasteiger partial charge on any atom is -0.375 e. The summed E-state index contributed by atoms with van der Waals surface area (Å²) in [4.78, 5) is 17.2. The number of nitrogens with zero attached hydrogens (tertiary/aromatic N) is 1. The number of methoxy groups -OCH3 is 1. The fraction of sp³-hybridized carbons (Fsp3) is 0.400. The van der Waals surface area contributed by atoms with Crippen LogP contribution < -0.4 is 0 Å². The Hall–Kier alpha value is -1.81. The fourth-order valence-corrected chi connectivity index (χ4v) is 2.40. The first-order chi connectivity index (χ1) is 9.28. The van der Waals surface area contributed by atoms with E-state index in [2.05, 4.69) is 23.2 Å². The fourth-order valence-electron chi connectivity index (χ4n) is 2.40. The lowest BCUT2D eigenvalue weighted by atomic mass is 10.1. The summed E-state index contributed by atoms with van der Waals surface area (Å²) in [6.07, 6.45) is 4.16. The molecule has 1 aliphatic carbocycles. The van der Waals surface area contributed by atoms with Crippen LogP contribution in [0.25, 0.3) is 10.9 Å². The third-order valence-electron chi connectivity index (χ3n) is 3.55. The molecule has 1 aromatic carbocycles. The molecule has 0 unspecified atom stereocenters. The average Bonchev–Trinajstić information content (AvgIpc) is 3.13. The Balaban J connectivity index is 1.78. The van der Waals surface area contributed by atoms with Crippen LogP contribution in [0, 0.1) is 0 Å². The van der Waals surface area contributed by atoms with Crippen LogP contribution in [0.15, 0.2) is 30.5 Å². The van der Waals surface area contributed by atoms with E-state index in [1.165, 1.54) is 5.39 Å². The van der Waals surface area contributed by atoms with E-state index in [4.69, 9.17) is 4.74 Å². The number of amides is 1. The SMILES string of the molecule is COCC(=O)N(Cc1ccc2cc[nH]c2c1)C1CC1. The molecule has 19 heavy (non-hydrogen) atoms. The normalized spacial score (nSPS) is 14.8. The summed E-state index contributed by atoms with van der Waals surface area (Å²) in [5.41, 5.74) is 2.28. The van der Waals surface area contributed by atoms with E-state index in [1.54, 1.807) is 7.11 Å². The Labute approximate surface area is 112 Å². The molecule has 4 heteroatoms. The molecule has 0 atom stereocenters. The van der Waals surface area contributed by atoms with Crippen LogP contribution in [-0.4, -0.2) is 35.5 Å². The summed E-state index contributed by atoms with van der Waals surface area (Å²) in [6.45, 7) is 0.836. The Kier molecular flexibility index (Phi) is 3.25. The summed E-state index contributed by atoms with van der Waals surface area (Å²) >= 11 is 0. The minimum absolute atomic E-state index is 0.0802. The van der Waals surface area contributed by atoms with Crippen molar-refractivity contribution in [1.82, 2.24) is 9.88 Å². The molecular weight excluding hydrogens is 240 g/mol. The van der Waals surface area contributed by atoms with Gasteiger partial charge in [-0.2, -0.15) is 0 Å². The van der Waals surface area contributed by atoms with Gasteiger partial charge in [0.15, 0.2) is 0 Å². The van der Waals surface area contributed by atoms with Crippen molar-refractivity contribution in [3.8, 4) is 0 Å². The lowest BCUT2D eigenvalue weighted by Gasteiger charge is -2.22. The molecule has 4 nitrogen and oxygen atoms in total. The van der Waals surface area contributed by atoms with Crippen LogP contribution in [0.5, 0.6) is 0 Å². The van der Waals surface area contributed by atoms with Gasteiger partial charge in [0, 0.05) is 31.4 Å². The number of nitrogens with one attached hydrogen (secondary N) is 1. The van der Waals surface area contributed by atoms with Crippen LogP contribution >= 0.6 is 0 Å². The second kappa shape index (κ2) is 5.05. The van der Waals surface area contributed by atoms with Gasteiger partial charge in [-0.3, -0.25) is 4.79 Å². The Morgan fingerprint density at radius 1 is 1.42 bits per heavy atom. The maximum Gasteiger partial charge on any atom is 0.249 e. The standard InChI is InChI=1S/C15H18N2O2/c1-19-10-15(18)17(13-4-5-13)9-11-2-3-12-6-7-16-14(12)8-11/h2-3,6-8,13,16H,4-5,9-10H2,1H3. The lowest BCUT2D eigenvalue weighted by molar-refractivity contribution is -0.136. The molecule has 1 heterocycles. The van der Waals surface area contributed by atoms with Gasteiger partial charge in [-0.25, -0.2) is 0 Å². The Morgan fingerprint density at radius 2 is 2.26 bits per heavy atom. The molecule has 0 radical (unpaired) electrons. The number of hydrogen-bond donors (Lipinski definition) is 1. The van der Waals surface area contributed by atoms with Crippen LogP contribution in [-0.2, 0) is 16.1 Å². The van der Waals surface area contributed by atoms with Gasteiger partial charge in [0.1, 0.15) is 6.61 Å². The van der Waals surface area contributed by atoms with Crippen LogP contribution in [0.1, 0.15) is 18.4 Å². The highest BCUT2D eigenvalue weighted by molar-refractivity contribution is 5.80. The molecule has 1 fully saturated rings. The third kappa shape index (κ3) is 2.63. The third-order valence-corrected chi connectivity index (χ3v) is 3.55. The maximum atomic E-state index is 12.0. The highest BCUT2D eigenvalue weighted by Gasteiger charge is 2.32. The van der Waals surface area contributed by atoms with Crippen molar-refractivity contribution in [2.75, 3.05) is 13.7 Å². The highest BCUT2D eigenvalue weighted by atomic mass is 16.5. The van der Waals surface area contributed by atoms with Gasteiger partial charge < -0.3 is 14.6 Å². The van der Waals surface area contributed by atoms with Crippen molar-refractivity contribution in [1.29, 1.82) is 0 Å². The van der Waals surface area contributed by atoms with Gasteiger partial charge in [-0.15, -0.1) is 0 Å². The summed E-state index contributed by atoms with van der Waals surface area (Å²) in [5, 5.41) is 1.20. The monoisotopic (exact) mass is 258 g/mol. The second-order valence-electron chi connectivity index (χ2n) is 5.09. The predicted molar refractivity (Wildman–Crippen MR) is 73.7 cm³/mol. The zero-order valence-electron chi connectivity index (χ0n) is 11.1. The molecule has 3 rings (SSSR count). The van der Waals surface area contributed by atoms with Crippen LogP contribution in [0.3, 0.4) is 0 Å². The molecule has 0 aliphatic heterocycles. The van der Waals surface area contributed by atoms with Gasteiger partial charge in [0.05, 0.1) is 0 Å². The molecular formula is C15H18N2O2. The van der Waals surface area contributed by atoms with Crippen molar-refractivity contribution in [2.45, 2.75) is 25.4 Å². The predicted octanol–water partition coefficient (Wildman–Crippen LogP) is 2.31. The topological polar surface area (TPSA) is 45.3 Å². The number of H-pyrrole nitrogens is 1. The van der Waals surface area contributed by atoms with Gasteiger partial charge >= 0.3 is 0 Å². The van der Waals surface area contributed by atoms with Crippen LogP contribution in [0.4, 0.5) is 0 Å². The number of benzene rings is 1. The van der Waals surface area contributed by atoms with Crippen LogP contribution in [0.2, 0.25) is 0 Å². The quantitative estimate of drug-likeness (QED) is 0.894. The number of aromatic amines is 1. The average molecular weight is 258 g/mol. The van der Waals surface area contributed by atoms with Gasteiger partial charge in [0.25, 0.3) is 0 Å². The summed E-state index contributed by atoms with van der Waals surface area (Å²) in [5.74, 6) is 0.0802. The molecule has 1 aromatic heterocycles. The summed E-state index contributed by atoms with van der Waals surface area (Å²) in [7, 11) is 1.56. The van der Waals surface area contributed by atoms with E-state index < -0.39 is 0 Å². The number of carbonyl (C=O) groups is 1. The summed E-state index contributed by atoms with van der Waals surface area (Å²) < 4.78 is 4.96. The highest BCUT2D eigenvalue weighted by Crippen LogP contribution is 2.29. The molecule has 1 aliphatic rings. The first-order valence-corrected chi connectivity index (χ1v) is 6.62. The molecule has 100 valence electrons. The Bertz CT molecular complexity index is 587. The number of rotatable bonds is 5. The van der Waals surface area contributed by atoms with Crippen molar-refractivity contribution >= 4 is 16.8 Å². The zero-order valence-corrected chi connectivity index (χ0v) is 11.1. The van der Waals surface area contributed by atoms with E-state index in [-0.39, 0.29) is 12.5 Å². The molecule has 1 N–H and O–H groups in total. The van der Waals surface area contributed by atoms with Gasteiger partial charge in [-0.05, 0) is 35.9 Å². The van der Waals surface area contributed by atoms with E-state index in [1.807, 2.05) is 17.2 Å².